The van der Waals surface area contributed by atoms with Crippen LogP contribution in [0.5, 0.6) is 0 Å². The first-order valence-electron chi connectivity index (χ1n) is 13.5. The molecule has 31 heavy (non-hydrogen) atoms. The quantitative estimate of drug-likeness (QED) is 0.486. The van der Waals surface area contributed by atoms with E-state index in [-0.39, 0.29) is 11.5 Å². The third-order valence-corrected chi connectivity index (χ3v) is 13.4. The van der Waals surface area contributed by atoms with Gasteiger partial charge in [0.2, 0.25) is 0 Å². The van der Waals surface area contributed by atoms with Gasteiger partial charge in [0.1, 0.15) is 5.78 Å². The van der Waals surface area contributed by atoms with E-state index < -0.39 is 0 Å². The molecule has 0 saturated heterocycles. The van der Waals surface area contributed by atoms with Crippen LogP contribution in [0.3, 0.4) is 0 Å². The summed E-state index contributed by atoms with van der Waals surface area (Å²) in [6, 6.07) is 0. The average molecular weight is 429 g/mol. The number of hydrogen-bond donors (Lipinski definition) is 1. The van der Waals surface area contributed by atoms with Gasteiger partial charge in [-0.15, -0.1) is 0 Å². The van der Waals surface area contributed by atoms with E-state index >= 15 is 0 Å². The van der Waals surface area contributed by atoms with Crippen LogP contribution in [0, 0.1) is 56.7 Å². The summed E-state index contributed by atoms with van der Waals surface area (Å²) in [6.07, 6.45) is 12.3. The summed E-state index contributed by atoms with van der Waals surface area (Å²) in [5.74, 6) is 3.48. The Morgan fingerprint density at radius 1 is 0.742 bits per heavy atom. The number of aliphatic hydroxyl groups excluding tert-OH is 1. The van der Waals surface area contributed by atoms with Gasteiger partial charge in [-0.2, -0.15) is 0 Å². The third kappa shape index (κ3) is 2.64. The van der Waals surface area contributed by atoms with Gasteiger partial charge in [-0.1, -0.05) is 41.5 Å². The lowest BCUT2D eigenvalue weighted by molar-refractivity contribution is -0.246. The van der Waals surface area contributed by atoms with Crippen molar-refractivity contribution in [2.45, 2.75) is 119 Å². The van der Waals surface area contributed by atoms with Crippen LogP contribution >= 0.6 is 0 Å². The number of fused-ring (bicyclic) bond motifs is 7. The molecule has 10 atom stereocenters. The van der Waals surface area contributed by atoms with E-state index in [2.05, 4.69) is 41.5 Å². The Bertz CT molecular complexity index is 771. The smallest absolute Gasteiger partial charge is 0.133 e. The summed E-state index contributed by atoms with van der Waals surface area (Å²) in [4.78, 5) is 12.7. The number of carbonyl (C=O) groups excluding carboxylic acids is 1. The van der Waals surface area contributed by atoms with Crippen LogP contribution in [0.4, 0.5) is 0 Å². The van der Waals surface area contributed by atoms with Gasteiger partial charge < -0.3 is 5.11 Å². The van der Waals surface area contributed by atoms with Crippen LogP contribution in [-0.4, -0.2) is 17.0 Å². The van der Waals surface area contributed by atoms with Gasteiger partial charge in [0.15, 0.2) is 0 Å². The molecule has 0 bridgehead atoms. The lowest BCUT2D eigenvalue weighted by atomic mass is 9.32. The van der Waals surface area contributed by atoms with Crippen molar-refractivity contribution in [3.05, 3.63) is 0 Å². The van der Waals surface area contributed by atoms with Gasteiger partial charge in [-0.25, -0.2) is 0 Å². The normalized spacial score (nSPS) is 57.9. The fraction of sp³-hybridized carbons (Fsp3) is 0.966. The van der Waals surface area contributed by atoms with Crippen LogP contribution in [0.25, 0.3) is 0 Å². The lowest BCUT2D eigenvalue weighted by Crippen LogP contribution is -2.66. The molecule has 5 fully saturated rings. The molecule has 5 aliphatic carbocycles. The lowest BCUT2D eigenvalue weighted by Gasteiger charge is -2.72. The molecular weight excluding hydrogens is 380 g/mol. The molecule has 0 aromatic carbocycles. The highest BCUT2D eigenvalue weighted by Crippen LogP contribution is 2.77. The van der Waals surface area contributed by atoms with Gasteiger partial charge in [0.05, 0.1) is 6.10 Å². The number of carbonyl (C=O) groups is 1. The molecule has 0 amide bonds. The van der Waals surface area contributed by atoms with Crippen molar-refractivity contribution in [2.75, 3.05) is 0 Å². The number of rotatable bonds is 1. The molecule has 5 saturated carbocycles. The van der Waals surface area contributed by atoms with E-state index in [1.807, 2.05) is 6.92 Å². The SMILES string of the molecule is CC(=O)[C@@H]1CC[C@]2(C)CC[C@]3(C)C(CCC4[C@@]5(C)CC[C@H](O)C(C)(C)C5CC[C@]43C)C12. The topological polar surface area (TPSA) is 37.3 Å². The molecular formula is C29H48O2. The highest BCUT2D eigenvalue weighted by atomic mass is 16.3. The van der Waals surface area contributed by atoms with E-state index in [0.29, 0.717) is 51.1 Å². The zero-order valence-electron chi connectivity index (χ0n) is 21.4. The Kier molecular flexibility index (Phi) is 4.78. The number of aliphatic hydroxyl groups is 1. The van der Waals surface area contributed by atoms with Gasteiger partial charge in [-0.3, -0.25) is 4.79 Å². The molecule has 0 heterocycles. The second kappa shape index (κ2) is 6.61. The minimum atomic E-state index is -0.146. The van der Waals surface area contributed by atoms with E-state index in [0.717, 1.165) is 18.8 Å². The molecule has 0 spiro atoms. The molecule has 0 aromatic heterocycles. The standard InChI is InChI=1S/C29H48O2/c1-18(30)19-10-13-26(4)16-17-28(6)20(24(19)26)8-9-22-27(5)14-12-23(31)25(2,3)21(27)11-15-29(22,28)7/h19-24,31H,8-17H2,1-7H3/t19-,20?,21?,22?,23-,24?,26+,27-,28+,29+/m0/s1. The maximum Gasteiger partial charge on any atom is 0.133 e. The molecule has 0 radical (unpaired) electrons. The van der Waals surface area contributed by atoms with Crippen molar-refractivity contribution < 1.29 is 9.90 Å². The second-order valence-corrected chi connectivity index (χ2v) is 14.5. The summed E-state index contributed by atoms with van der Waals surface area (Å²) in [7, 11) is 0. The van der Waals surface area contributed by atoms with Gasteiger partial charge in [0, 0.05) is 5.92 Å². The fourth-order valence-corrected chi connectivity index (χ4v) is 11.4. The largest absolute Gasteiger partial charge is 0.393 e. The Labute approximate surface area is 191 Å². The molecule has 2 nitrogen and oxygen atoms in total. The second-order valence-electron chi connectivity index (χ2n) is 14.5. The first-order chi connectivity index (χ1) is 14.3. The third-order valence-electron chi connectivity index (χ3n) is 13.4. The Morgan fingerprint density at radius 3 is 2.13 bits per heavy atom. The summed E-state index contributed by atoms with van der Waals surface area (Å²) in [5, 5.41) is 10.9. The van der Waals surface area contributed by atoms with Crippen LogP contribution in [0.15, 0.2) is 0 Å². The first-order valence-corrected chi connectivity index (χ1v) is 13.5. The van der Waals surface area contributed by atoms with Crippen molar-refractivity contribution in [3.63, 3.8) is 0 Å². The number of hydrogen-bond acceptors (Lipinski definition) is 2. The first kappa shape index (κ1) is 22.4. The maximum absolute atomic E-state index is 12.7. The molecule has 4 unspecified atom stereocenters. The number of ketones is 1. The van der Waals surface area contributed by atoms with Gasteiger partial charge in [-0.05, 0) is 122 Å². The molecule has 1 N–H and O–H groups in total. The summed E-state index contributed by atoms with van der Waals surface area (Å²) >= 11 is 0. The van der Waals surface area contributed by atoms with Crippen LogP contribution in [0.2, 0.25) is 0 Å². The van der Waals surface area contributed by atoms with Crippen LogP contribution in [-0.2, 0) is 4.79 Å². The molecule has 176 valence electrons. The predicted molar refractivity (Wildman–Crippen MR) is 127 cm³/mol. The van der Waals surface area contributed by atoms with Crippen molar-refractivity contribution in [2.24, 2.45) is 56.7 Å². The summed E-state index contributed by atoms with van der Waals surface area (Å²) in [6.45, 7) is 17.0. The molecule has 0 aliphatic heterocycles. The highest BCUT2D eigenvalue weighted by Gasteiger charge is 2.70. The minimum Gasteiger partial charge on any atom is -0.393 e. The fourth-order valence-electron chi connectivity index (χ4n) is 11.4. The van der Waals surface area contributed by atoms with E-state index in [4.69, 9.17) is 0 Å². The molecule has 2 heteroatoms. The zero-order valence-corrected chi connectivity index (χ0v) is 21.4. The van der Waals surface area contributed by atoms with E-state index in [9.17, 15) is 9.90 Å². The zero-order chi connectivity index (χ0) is 22.6. The number of Topliss-reactive ketones (excluding diaryl/α,β-unsaturated/α-hetero) is 1. The summed E-state index contributed by atoms with van der Waals surface area (Å²) < 4.78 is 0. The predicted octanol–water partition coefficient (Wildman–Crippen LogP) is 7.04. The monoisotopic (exact) mass is 428 g/mol. The van der Waals surface area contributed by atoms with Crippen LogP contribution < -0.4 is 0 Å². The van der Waals surface area contributed by atoms with E-state index in [1.54, 1.807) is 0 Å². The van der Waals surface area contributed by atoms with Crippen molar-refractivity contribution in [3.8, 4) is 0 Å². The van der Waals surface area contributed by atoms with Crippen molar-refractivity contribution >= 4 is 5.78 Å². The van der Waals surface area contributed by atoms with Crippen molar-refractivity contribution in [1.29, 1.82) is 0 Å². The van der Waals surface area contributed by atoms with Crippen molar-refractivity contribution in [1.82, 2.24) is 0 Å². The van der Waals surface area contributed by atoms with Gasteiger partial charge in [0.25, 0.3) is 0 Å². The van der Waals surface area contributed by atoms with Crippen LogP contribution in [0.1, 0.15) is 113 Å². The van der Waals surface area contributed by atoms with E-state index in [1.165, 1.54) is 51.4 Å². The minimum absolute atomic E-state index is 0.0302. The Hall–Kier alpha value is -0.370. The highest BCUT2D eigenvalue weighted by molar-refractivity contribution is 5.79. The average Bonchev–Trinajstić information content (AvgIpc) is 3.04. The molecule has 5 rings (SSSR count). The molecule has 5 aliphatic rings. The maximum atomic E-state index is 12.7. The van der Waals surface area contributed by atoms with Gasteiger partial charge >= 0.3 is 0 Å². The Balaban J connectivity index is 1.54. The Morgan fingerprint density at radius 2 is 1.45 bits per heavy atom. The molecule has 0 aromatic rings. The summed E-state index contributed by atoms with van der Waals surface area (Å²) in [5.41, 5.74) is 1.49.